The van der Waals surface area contributed by atoms with E-state index in [2.05, 4.69) is 17.4 Å². The molecule has 3 atom stereocenters. The second kappa shape index (κ2) is 7.01. The first-order chi connectivity index (χ1) is 13.2. The van der Waals surface area contributed by atoms with Crippen LogP contribution in [0.1, 0.15) is 62.5 Å². The summed E-state index contributed by atoms with van der Waals surface area (Å²) in [5.41, 5.74) is 3.26. The lowest BCUT2D eigenvalue weighted by Gasteiger charge is -2.56. The Morgan fingerprint density at radius 2 is 2.07 bits per heavy atom. The molecule has 5 heteroatoms. The van der Waals surface area contributed by atoms with E-state index in [-0.39, 0.29) is 12.9 Å². The van der Waals surface area contributed by atoms with E-state index in [0.29, 0.717) is 11.5 Å². The highest BCUT2D eigenvalue weighted by atomic mass is 16.8. The van der Waals surface area contributed by atoms with Gasteiger partial charge in [-0.25, -0.2) is 4.79 Å². The van der Waals surface area contributed by atoms with Gasteiger partial charge >= 0.3 is 6.16 Å². The number of nitrogens with one attached hydrogen (secondary N) is 1. The zero-order valence-corrected chi connectivity index (χ0v) is 15.9. The zero-order chi connectivity index (χ0) is 18.3. The Morgan fingerprint density at radius 1 is 1.15 bits per heavy atom. The molecule has 1 heterocycles. The number of piperidine rings is 1. The normalized spacial score (nSPS) is 31.9. The topological polar surface area (TPSA) is 56.8 Å². The Bertz CT molecular complexity index is 712. The van der Waals surface area contributed by atoms with Crippen molar-refractivity contribution in [2.24, 2.45) is 5.92 Å². The molecule has 3 fully saturated rings. The van der Waals surface area contributed by atoms with Gasteiger partial charge in [-0.2, -0.15) is 0 Å². The highest BCUT2D eigenvalue weighted by molar-refractivity contribution is 5.60. The molecule has 0 spiro atoms. The molecule has 1 aromatic rings. The Labute approximate surface area is 160 Å². The number of ether oxygens (including phenoxy) is 3. The van der Waals surface area contributed by atoms with E-state index in [1.54, 1.807) is 0 Å². The van der Waals surface area contributed by atoms with Crippen molar-refractivity contribution in [3.63, 3.8) is 0 Å². The molecule has 1 N–H and O–H groups in total. The van der Waals surface area contributed by atoms with Crippen LogP contribution in [0.15, 0.2) is 18.2 Å². The third-order valence-electron chi connectivity index (χ3n) is 7.34. The van der Waals surface area contributed by atoms with Crippen LogP contribution in [0.3, 0.4) is 0 Å². The molecule has 0 amide bonds. The highest BCUT2D eigenvalue weighted by Crippen LogP contribution is 2.54. The van der Waals surface area contributed by atoms with Crippen LogP contribution in [0.2, 0.25) is 0 Å². The van der Waals surface area contributed by atoms with E-state index in [9.17, 15) is 4.79 Å². The standard InChI is InChI=1S/C22H29NO4/c24-21(27-16-4-3-5-16)26-14-25-17-8-7-15-12-20-18-6-1-2-9-22(18,10-11-23-20)19(15)13-17/h7-8,13,16,18,20,23H,1-6,9-12,14H2/t18-,20+,22-/m1/s1. The van der Waals surface area contributed by atoms with Gasteiger partial charge in [0, 0.05) is 11.5 Å². The van der Waals surface area contributed by atoms with Crippen molar-refractivity contribution in [3.05, 3.63) is 29.3 Å². The van der Waals surface area contributed by atoms with Crippen molar-refractivity contribution >= 4 is 6.16 Å². The minimum atomic E-state index is -0.621. The van der Waals surface area contributed by atoms with Crippen molar-refractivity contribution < 1.29 is 19.0 Å². The minimum absolute atomic E-state index is 0.0384. The number of benzene rings is 1. The summed E-state index contributed by atoms with van der Waals surface area (Å²) < 4.78 is 16.0. The van der Waals surface area contributed by atoms with Gasteiger partial charge in [-0.15, -0.1) is 0 Å². The van der Waals surface area contributed by atoms with Crippen LogP contribution in [0.4, 0.5) is 4.79 Å². The van der Waals surface area contributed by atoms with Crippen molar-refractivity contribution in [2.75, 3.05) is 13.3 Å². The van der Waals surface area contributed by atoms with Crippen molar-refractivity contribution in [1.29, 1.82) is 0 Å². The number of hydrogen-bond acceptors (Lipinski definition) is 5. The van der Waals surface area contributed by atoms with Gasteiger partial charge in [0.25, 0.3) is 0 Å². The fourth-order valence-electron chi connectivity index (χ4n) is 5.80. The third-order valence-corrected chi connectivity index (χ3v) is 7.34. The molecule has 1 aromatic carbocycles. The lowest BCUT2D eigenvalue weighted by Crippen LogP contribution is -2.59. The van der Waals surface area contributed by atoms with Crippen LogP contribution in [0, 0.1) is 5.92 Å². The maximum absolute atomic E-state index is 11.7. The van der Waals surface area contributed by atoms with Gasteiger partial charge in [0.2, 0.25) is 6.79 Å². The minimum Gasteiger partial charge on any atom is -0.457 e. The highest BCUT2D eigenvalue weighted by Gasteiger charge is 2.51. The molecule has 0 aromatic heterocycles. The van der Waals surface area contributed by atoms with E-state index in [1.807, 2.05) is 6.07 Å². The summed E-state index contributed by atoms with van der Waals surface area (Å²) >= 11 is 0. The summed E-state index contributed by atoms with van der Waals surface area (Å²) in [6.45, 7) is 1.02. The summed E-state index contributed by atoms with van der Waals surface area (Å²) in [4.78, 5) is 11.7. The Hall–Kier alpha value is -1.75. The molecule has 0 radical (unpaired) electrons. The molecule has 27 heavy (non-hydrogen) atoms. The first-order valence-corrected chi connectivity index (χ1v) is 10.6. The lowest BCUT2D eigenvalue weighted by atomic mass is 9.53. The van der Waals surface area contributed by atoms with Gasteiger partial charge in [-0.05, 0) is 80.7 Å². The molecular weight excluding hydrogens is 342 g/mol. The van der Waals surface area contributed by atoms with E-state index in [4.69, 9.17) is 14.2 Å². The average Bonchev–Trinajstić information content (AvgIpc) is 2.65. The van der Waals surface area contributed by atoms with Gasteiger partial charge in [-0.1, -0.05) is 18.9 Å². The molecule has 2 bridgehead atoms. The number of rotatable bonds is 4. The zero-order valence-electron chi connectivity index (χ0n) is 15.9. The summed E-state index contributed by atoms with van der Waals surface area (Å²) in [6, 6.07) is 7.07. The SMILES string of the molecule is O=C(OCOc1ccc2c(c1)[C@@]13CCCC[C@@H]1[C@H](C2)NCC3)OC1CCC1. The fourth-order valence-corrected chi connectivity index (χ4v) is 5.80. The lowest BCUT2D eigenvalue weighted by molar-refractivity contribution is -0.0328. The largest absolute Gasteiger partial charge is 0.511 e. The molecule has 2 saturated carbocycles. The van der Waals surface area contributed by atoms with Crippen LogP contribution < -0.4 is 10.1 Å². The van der Waals surface area contributed by atoms with Gasteiger partial charge in [0.1, 0.15) is 11.9 Å². The summed E-state index contributed by atoms with van der Waals surface area (Å²) in [7, 11) is 0. The monoisotopic (exact) mass is 371 g/mol. The van der Waals surface area contributed by atoms with Crippen molar-refractivity contribution in [2.45, 2.75) is 75.3 Å². The quantitative estimate of drug-likeness (QED) is 0.639. The molecular formula is C22H29NO4. The third kappa shape index (κ3) is 3.10. The predicted molar refractivity (Wildman–Crippen MR) is 101 cm³/mol. The fraction of sp³-hybridized carbons (Fsp3) is 0.682. The van der Waals surface area contributed by atoms with Gasteiger partial charge in [0.15, 0.2) is 0 Å². The van der Waals surface area contributed by atoms with E-state index >= 15 is 0 Å². The average molecular weight is 371 g/mol. The predicted octanol–water partition coefficient (Wildman–Crippen LogP) is 4.07. The van der Waals surface area contributed by atoms with E-state index in [1.165, 1.54) is 43.2 Å². The van der Waals surface area contributed by atoms with Gasteiger partial charge < -0.3 is 19.5 Å². The number of hydrogen-bond donors (Lipinski definition) is 1. The molecule has 1 aliphatic heterocycles. The van der Waals surface area contributed by atoms with Crippen molar-refractivity contribution in [1.82, 2.24) is 5.32 Å². The first kappa shape index (κ1) is 17.4. The Morgan fingerprint density at radius 3 is 2.93 bits per heavy atom. The smallest absolute Gasteiger partial charge is 0.457 e. The number of carbonyl (C=O) groups is 1. The van der Waals surface area contributed by atoms with Gasteiger partial charge in [-0.3, -0.25) is 0 Å². The summed E-state index contributed by atoms with van der Waals surface area (Å²) in [5.74, 6) is 1.54. The maximum atomic E-state index is 11.7. The maximum Gasteiger partial charge on any atom is 0.511 e. The molecule has 3 aliphatic carbocycles. The molecule has 5 rings (SSSR count). The van der Waals surface area contributed by atoms with Crippen molar-refractivity contribution in [3.8, 4) is 5.75 Å². The summed E-state index contributed by atoms with van der Waals surface area (Å²) in [5, 5.41) is 3.77. The van der Waals surface area contributed by atoms with E-state index in [0.717, 1.165) is 43.9 Å². The second-order valence-corrected chi connectivity index (χ2v) is 8.67. The van der Waals surface area contributed by atoms with Crippen LogP contribution in [0.5, 0.6) is 5.75 Å². The van der Waals surface area contributed by atoms with Crippen LogP contribution >= 0.6 is 0 Å². The first-order valence-electron chi connectivity index (χ1n) is 10.6. The molecule has 5 nitrogen and oxygen atoms in total. The molecule has 4 aliphatic rings. The summed E-state index contributed by atoms with van der Waals surface area (Å²) in [6.07, 6.45) is 10.1. The second-order valence-electron chi connectivity index (χ2n) is 8.67. The number of fused-ring (bicyclic) bond motifs is 1. The van der Waals surface area contributed by atoms with Crippen LogP contribution in [-0.2, 0) is 21.3 Å². The molecule has 146 valence electrons. The van der Waals surface area contributed by atoms with Crippen LogP contribution in [-0.4, -0.2) is 31.6 Å². The van der Waals surface area contributed by atoms with Crippen LogP contribution in [0.25, 0.3) is 0 Å². The number of carbonyl (C=O) groups excluding carboxylic acids is 1. The molecule has 1 saturated heterocycles. The van der Waals surface area contributed by atoms with Gasteiger partial charge in [0.05, 0.1) is 0 Å². The van der Waals surface area contributed by atoms with E-state index < -0.39 is 6.16 Å². The Kier molecular flexibility index (Phi) is 4.50. The Balaban J connectivity index is 1.28. The molecule has 0 unspecified atom stereocenters.